The van der Waals surface area contributed by atoms with Gasteiger partial charge in [0.2, 0.25) is 0 Å². The molecule has 3 nitrogen and oxygen atoms in total. The molecule has 0 saturated carbocycles. The summed E-state index contributed by atoms with van der Waals surface area (Å²) in [5, 5.41) is 7.81. The minimum Gasteiger partial charge on any atom is -0.406 e. The van der Waals surface area contributed by atoms with E-state index in [0.29, 0.717) is 5.56 Å². The molecule has 0 heterocycles. The molecule has 0 fully saturated rings. The highest BCUT2D eigenvalue weighted by molar-refractivity contribution is 5.82. The number of hydrogen-bond acceptors (Lipinski definition) is 3. The zero-order valence-corrected chi connectivity index (χ0v) is 13.1. The van der Waals surface area contributed by atoms with Crippen LogP contribution in [0.2, 0.25) is 0 Å². The van der Waals surface area contributed by atoms with E-state index in [1.54, 1.807) is 6.21 Å². The van der Waals surface area contributed by atoms with Crippen molar-refractivity contribution in [2.45, 2.75) is 26.1 Å². The first kappa shape index (κ1) is 17.7. The maximum absolute atomic E-state index is 12.1. The van der Waals surface area contributed by atoms with Crippen molar-refractivity contribution in [1.29, 1.82) is 0 Å². The molecule has 0 spiro atoms. The van der Waals surface area contributed by atoms with Crippen LogP contribution in [0.3, 0.4) is 0 Å². The predicted molar refractivity (Wildman–Crippen MR) is 88.8 cm³/mol. The van der Waals surface area contributed by atoms with E-state index in [4.69, 9.17) is 0 Å². The Morgan fingerprint density at radius 3 is 1.83 bits per heavy atom. The van der Waals surface area contributed by atoms with Gasteiger partial charge in [-0.3, -0.25) is 0 Å². The fourth-order valence-electron chi connectivity index (χ4n) is 2.01. The van der Waals surface area contributed by atoms with Crippen LogP contribution >= 0.6 is 0 Å². The Morgan fingerprint density at radius 2 is 1.38 bits per heavy atom. The highest BCUT2D eigenvalue weighted by Gasteiger charge is 2.30. The summed E-state index contributed by atoms with van der Waals surface area (Å²) in [5.41, 5.74) is 2.83. The van der Waals surface area contributed by atoms with Crippen LogP contribution in [-0.2, 0) is 6.42 Å². The van der Waals surface area contributed by atoms with Crippen molar-refractivity contribution in [3.05, 3.63) is 65.2 Å². The quantitative estimate of drug-likeness (QED) is 0.541. The largest absolute Gasteiger partial charge is 0.573 e. The molecule has 2 rings (SSSR count). The summed E-state index contributed by atoms with van der Waals surface area (Å²) in [7, 11) is 0. The molecular weight excluding hydrogens is 317 g/mol. The minimum absolute atomic E-state index is 0.268. The third kappa shape index (κ3) is 6.24. The fraction of sp³-hybridized carbons (Fsp3) is 0.222. The van der Waals surface area contributed by atoms with Gasteiger partial charge in [-0.1, -0.05) is 37.6 Å². The van der Waals surface area contributed by atoms with Crippen LogP contribution in [0.25, 0.3) is 0 Å². The molecule has 24 heavy (non-hydrogen) atoms. The molecule has 0 aliphatic rings. The number of aryl methyl sites for hydroxylation is 1. The zero-order chi connectivity index (χ0) is 17.4. The average Bonchev–Trinajstić information content (AvgIpc) is 2.53. The second-order valence-electron chi connectivity index (χ2n) is 5.10. The molecule has 0 atom stereocenters. The number of halogens is 3. The molecule has 0 aliphatic carbocycles. The lowest BCUT2D eigenvalue weighted by molar-refractivity contribution is -0.274. The average molecular weight is 334 g/mol. The molecule has 0 unspecified atom stereocenters. The van der Waals surface area contributed by atoms with E-state index >= 15 is 0 Å². The van der Waals surface area contributed by atoms with Gasteiger partial charge in [-0.2, -0.15) is 10.2 Å². The van der Waals surface area contributed by atoms with Crippen LogP contribution in [0.5, 0.6) is 5.75 Å². The number of benzene rings is 2. The lowest BCUT2D eigenvalue weighted by Gasteiger charge is -2.08. The van der Waals surface area contributed by atoms with Gasteiger partial charge in [-0.05, 0) is 47.4 Å². The highest BCUT2D eigenvalue weighted by Crippen LogP contribution is 2.22. The van der Waals surface area contributed by atoms with Crippen molar-refractivity contribution in [3.63, 3.8) is 0 Å². The summed E-state index contributed by atoms with van der Waals surface area (Å²) in [5.74, 6) is -0.268. The van der Waals surface area contributed by atoms with Gasteiger partial charge in [0.1, 0.15) is 5.75 Å². The third-order valence-electron chi connectivity index (χ3n) is 3.11. The van der Waals surface area contributed by atoms with Crippen molar-refractivity contribution < 1.29 is 17.9 Å². The third-order valence-corrected chi connectivity index (χ3v) is 3.11. The van der Waals surface area contributed by atoms with Crippen molar-refractivity contribution >= 4 is 12.4 Å². The van der Waals surface area contributed by atoms with E-state index in [1.165, 1.54) is 36.0 Å². The Balaban J connectivity index is 1.91. The zero-order valence-electron chi connectivity index (χ0n) is 13.1. The molecule has 0 saturated heterocycles. The predicted octanol–water partition coefficient (Wildman–Crippen LogP) is 4.99. The standard InChI is InChI=1S/C18H17F3N2O/c1-2-3-14-4-6-15(7-5-14)12-22-23-13-16-8-10-17(11-9-16)24-18(19,20)21/h4-13H,2-3H2,1H3. The first-order valence-corrected chi connectivity index (χ1v) is 7.47. The monoisotopic (exact) mass is 334 g/mol. The van der Waals surface area contributed by atoms with Crippen molar-refractivity contribution in [2.24, 2.45) is 10.2 Å². The molecule has 0 bridgehead atoms. The van der Waals surface area contributed by atoms with Crippen molar-refractivity contribution in [2.75, 3.05) is 0 Å². The smallest absolute Gasteiger partial charge is 0.406 e. The number of ether oxygens (including phenoxy) is 1. The van der Waals surface area contributed by atoms with E-state index in [9.17, 15) is 13.2 Å². The van der Waals surface area contributed by atoms with Crippen LogP contribution < -0.4 is 4.74 Å². The Hall–Kier alpha value is -2.63. The van der Waals surface area contributed by atoms with Gasteiger partial charge in [0.05, 0.1) is 12.4 Å². The van der Waals surface area contributed by atoms with E-state index < -0.39 is 6.36 Å². The molecule has 0 aromatic heterocycles. The molecule has 2 aromatic carbocycles. The summed E-state index contributed by atoms with van der Waals surface area (Å²) in [4.78, 5) is 0. The number of rotatable bonds is 6. The van der Waals surface area contributed by atoms with Crippen LogP contribution in [-0.4, -0.2) is 18.8 Å². The first-order chi connectivity index (χ1) is 11.5. The maximum atomic E-state index is 12.1. The van der Waals surface area contributed by atoms with Crippen LogP contribution in [0.15, 0.2) is 58.7 Å². The van der Waals surface area contributed by atoms with E-state index in [1.807, 2.05) is 24.3 Å². The normalized spacial score (nSPS) is 12.2. The van der Waals surface area contributed by atoms with Gasteiger partial charge >= 0.3 is 6.36 Å². The minimum atomic E-state index is -4.69. The summed E-state index contributed by atoms with van der Waals surface area (Å²) in [6.07, 6.45) is 0.535. The number of alkyl halides is 3. The Morgan fingerprint density at radius 1 is 0.875 bits per heavy atom. The summed E-state index contributed by atoms with van der Waals surface area (Å²) < 4.78 is 39.9. The van der Waals surface area contributed by atoms with Gasteiger partial charge in [0.25, 0.3) is 0 Å². The maximum Gasteiger partial charge on any atom is 0.573 e. The molecular formula is C18H17F3N2O. The summed E-state index contributed by atoms with van der Waals surface area (Å²) in [6.45, 7) is 2.13. The summed E-state index contributed by atoms with van der Waals surface area (Å²) >= 11 is 0. The van der Waals surface area contributed by atoms with Gasteiger partial charge in [0.15, 0.2) is 0 Å². The second-order valence-corrected chi connectivity index (χ2v) is 5.10. The first-order valence-electron chi connectivity index (χ1n) is 7.47. The van der Waals surface area contributed by atoms with E-state index in [-0.39, 0.29) is 5.75 Å². The van der Waals surface area contributed by atoms with Crippen molar-refractivity contribution in [3.8, 4) is 5.75 Å². The second kappa shape index (κ2) is 8.29. The molecule has 0 radical (unpaired) electrons. The molecule has 0 N–H and O–H groups in total. The lowest BCUT2D eigenvalue weighted by atomic mass is 10.1. The van der Waals surface area contributed by atoms with Gasteiger partial charge < -0.3 is 4.74 Å². The van der Waals surface area contributed by atoms with Gasteiger partial charge in [0, 0.05) is 0 Å². The van der Waals surface area contributed by atoms with Gasteiger partial charge in [-0.25, -0.2) is 0 Å². The summed E-state index contributed by atoms with van der Waals surface area (Å²) in [6, 6.07) is 13.4. The molecule has 6 heteroatoms. The molecule has 126 valence electrons. The fourth-order valence-corrected chi connectivity index (χ4v) is 2.01. The lowest BCUT2D eigenvalue weighted by Crippen LogP contribution is -2.16. The van der Waals surface area contributed by atoms with Gasteiger partial charge in [-0.15, -0.1) is 13.2 Å². The Kier molecular flexibility index (Phi) is 6.12. The Labute approximate surface area is 138 Å². The molecule has 0 aliphatic heterocycles. The number of nitrogens with zero attached hydrogens (tertiary/aromatic N) is 2. The SMILES string of the molecule is CCCc1ccc(C=NN=Cc2ccc(OC(F)(F)F)cc2)cc1. The molecule has 2 aromatic rings. The van der Waals surface area contributed by atoms with Crippen LogP contribution in [0, 0.1) is 0 Å². The van der Waals surface area contributed by atoms with E-state index in [0.717, 1.165) is 18.4 Å². The van der Waals surface area contributed by atoms with Crippen molar-refractivity contribution in [1.82, 2.24) is 0 Å². The van der Waals surface area contributed by atoms with E-state index in [2.05, 4.69) is 21.9 Å². The van der Waals surface area contributed by atoms with Crippen LogP contribution in [0.4, 0.5) is 13.2 Å². The highest BCUT2D eigenvalue weighted by atomic mass is 19.4. The Bertz CT molecular complexity index is 690. The topological polar surface area (TPSA) is 34.0 Å². The molecule has 0 amide bonds. The number of hydrogen-bond donors (Lipinski definition) is 0. The van der Waals surface area contributed by atoms with Crippen LogP contribution in [0.1, 0.15) is 30.0 Å².